The maximum atomic E-state index is 6.00. The van der Waals surface area contributed by atoms with E-state index < -0.39 is 0 Å². The average Bonchev–Trinajstić information content (AvgIpc) is 2.25. The summed E-state index contributed by atoms with van der Waals surface area (Å²) in [5.74, 6) is 0.899. The van der Waals surface area contributed by atoms with Gasteiger partial charge in [0.15, 0.2) is 0 Å². The summed E-state index contributed by atoms with van der Waals surface area (Å²) in [6.07, 6.45) is 1.79. The van der Waals surface area contributed by atoms with Gasteiger partial charge in [0.25, 0.3) is 0 Å². The van der Waals surface area contributed by atoms with Crippen molar-refractivity contribution in [3.63, 3.8) is 0 Å². The highest BCUT2D eigenvalue weighted by atomic mass is 35.5. The van der Waals surface area contributed by atoms with Crippen LogP contribution >= 0.6 is 11.6 Å². The maximum Gasteiger partial charge on any atom is 0.122 e. The molecule has 0 radical (unpaired) electrons. The van der Waals surface area contributed by atoms with Crippen LogP contribution in [-0.2, 0) is 6.42 Å². The van der Waals surface area contributed by atoms with E-state index >= 15 is 0 Å². The van der Waals surface area contributed by atoms with E-state index in [1.54, 1.807) is 0 Å². The number of nitrogens with two attached hydrogens (primary N) is 1. The highest BCUT2D eigenvalue weighted by Crippen LogP contribution is 2.24. The molecular formula is C14H23ClN2O. The van der Waals surface area contributed by atoms with Gasteiger partial charge in [-0.2, -0.15) is 0 Å². The third kappa shape index (κ3) is 5.71. The zero-order valence-corrected chi connectivity index (χ0v) is 12.2. The first-order valence-electron chi connectivity index (χ1n) is 6.30. The summed E-state index contributed by atoms with van der Waals surface area (Å²) in [5.41, 5.74) is 6.92. The van der Waals surface area contributed by atoms with Crippen LogP contribution in [0.4, 0.5) is 0 Å². The maximum absolute atomic E-state index is 6.00. The molecule has 3 nitrogen and oxygen atoms in total. The van der Waals surface area contributed by atoms with Crippen LogP contribution in [0, 0.1) is 0 Å². The molecule has 1 atom stereocenters. The molecule has 0 aliphatic carbocycles. The molecule has 0 aliphatic heterocycles. The van der Waals surface area contributed by atoms with Gasteiger partial charge in [0.1, 0.15) is 5.75 Å². The van der Waals surface area contributed by atoms with Gasteiger partial charge in [0.2, 0.25) is 0 Å². The van der Waals surface area contributed by atoms with Crippen LogP contribution < -0.4 is 10.5 Å². The van der Waals surface area contributed by atoms with E-state index in [0.29, 0.717) is 6.61 Å². The zero-order valence-electron chi connectivity index (χ0n) is 11.4. The summed E-state index contributed by atoms with van der Waals surface area (Å²) < 4.78 is 5.80. The van der Waals surface area contributed by atoms with Crippen molar-refractivity contribution in [3.05, 3.63) is 28.8 Å². The van der Waals surface area contributed by atoms with Crippen molar-refractivity contribution in [1.82, 2.24) is 4.90 Å². The molecule has 0 fully saturated rings. The van der Waals surface area contributed by atoms with Gasteiger partial charge in [-0.1, -0.05) is 11.6 Å². The van der Waals surface area contributed by atoms with Gasteiger partial charge in [0, 0.05) is 17.6 Å². The highest BCUT2D eigenvalue weighted by Gasteiger charge is 2.07. The number of nitrogens with zero attached hydrogens (tertiary/aromatic N) is 1. The lowest BCUT2D eigenvalue weighted by Crippen LogP contribution is -2.19. The number of hydrogen-bond acceptors (Lipinski definition) is 3. The summed E-state index contributed by atoms with van der Waals surface area (Å²) >= 11 is 6.00. The van der Waals surface area contributed by atoms with Gasteiger partial charge in [-0.15, -0.1) is 0 Å². The van der Waals surface area contributed by atoms with Crippen LogP contribution in [-0.4, -0.2) is 38.2 Å². The highest BCUT2D eigenvalue weighted by molar-refractivity contribution is 6.30. The van der Waals surface area contributed by atoms with Crippen molar-refractivity contribution in [3.8, 4) is 5.75 Å². The van der Waals surface area contributed by atoms with Crippen molar-refractivity contribution in [2.24, 2.45) is 5.73 Å². The lowest BCUT2D eigenvalue weighted by molar-refractivity contribution is 0.279. The number of halogens is 1. The van der Waals surface area contributed by atoms with E-state index in [9.17, 15) is 0 Å². The van der Waals surface area contributed by atoms with E-state index in [1.165, 1.54) is 0 Å². The van der Waals surface area contributed by atoms with Gasteiger partial charge in [-0.05, 0) is 57.6 Å². The second kappa shape index (κ2) is 7.62. The Hall–Kier alpha value is -0.770. The SMILES string of the molecule is CC(N)Cc1cc(Cl)ccc1OCCCN(C)C. The molecule has 0 aromatic heterocycles. The summed E-state index contributed by atoms with van der Waals surface area (Å²) in [6.45, 7) is 3.72. The van der Waals surface area contributed by atoms with E-state index in [1.807, 2.05) is 25.1 Å². The molecule has 0 spiro atoms. The van der Waals surface area contributed by atoms with Gasteiger partial charge in [0.05, 0.1) is 6.61 Å². The van der Waals surface area contributed by atoms with Gasteiger partial charge >= 0.3 is 0 Å². The molecular weight excluding hydrogens is 248 g/mol. The van der Waals surface area contributed by atoms with Crippen LogP contribution in [0.1, 0.15) is 18.9 Å². The number of ether oxygens (including phenoxy) is 1. The van der Waals surface area contributed by atoms with Crippen LogP contribution in [0.3, 0.4) is 0 Å². The first-order chi connectivity index (χ1) is 8.49. The first-order valence-corrected chi connectivity index (χ1v) is 6.68. The minimum atomic E-state index is 0.104. The molecule has 1 aromatic carbocycles. The summed E-state index contributed by atoms with van der Waals surface area (Å²) in [5, 5.41) is 0.728. The summed E-state index contributed by atoms with van der Waals surface area (Å²) in [7, 11) is 4.12. The Kier molecular flexibility index (Phi) is 6.47. The van der Waals surface area contributed by atoms with Crippen molar-refractivity contribution >= 4 is 11.6 Å². The van der Waals surface area contributed by atoms with E-state index in [-0.39, 0.29) is 6.04 Å². The Morgan fingerprint density at radius 3 is 2.72 bits per heavy atom. The normalized spacial score (nSPS) is 12.8. The smallest absolute Gasteiger partial charge is 0.122 e. The fourth-order valence-electron chi connectivity index (χ4n) is 1.76. The Morgan fingerprint density at radius 1 is 1.39 bits per heavy atom. The second-order valence-electron chi connectivity index (χ2n) is 4.94. The Labute approximate surface area is 115 Å². The molecule has 0 heterocycles. The molecule has 1 aromatic rings. The zero-order chi connectivity index (χ0) is 13.5. The molecule has 0 aliphatic rings. The van der Waals surface area contributed by atoms with Crippen LogP contribution in [0.2, 0.25) is 5.02 Å². The largest absolute Gasteiger partial charge is 0.493 e. The molecule has 0 bridgehead atoms. The molecule has 0 saturated heterocycles. The Morgan fingerprint density at radius 2 is 2.11 bits per heavy atom. The van der Waals surface area contributed by atoms with Gasteiger partial charge in [-0.3, -0.25) is 0 Å². The third-order valence-electron chi connectivity index (χ3n) is 2.57. The number of benzene rings is 1. The molecule has 18 heavy (non-hydrogen) atoms. The standard InChI is InChI=1S/C14H23ClN2O/c1-11(16)9-12-10-13(15)5-6-14(12)18-8-4-7-17(2)3/h5-6,10-11H,4,7-9,16H2,1-3H3. The van der Waals surface area contributed by atoms with E-state index in [4.69, 9.17) is 22.1 Å². The van der Waals surface area contributed by atoms with Crippen LogP contribution in [0.25, 0.3) is 0 Å². The lowest BCUT2D eigenvalue weighted by Gasteiger charge is -2.14. The van der Waals surface area contributed by atoms with Gasteiger partial charge < -0.3 is 15.4 Å². The third-order valence-corrected chi connectivity index (χ3v) is 2.81. The molecule has 2 N–H and O–H groups in total. The van der Waals surface area contributed by atoms with Crippen molar-refractivity contribution < 1.29 is 4.74 Å². The molecule has 1 rings (SSSR count). The fourth-order valence-corrected chi connectivity index (χ4v) is 1.95. The average molecular weight is 271 g/mol. The predicted octanol–water partition coefficient (Wildman–Crippen LogP) is 2.56. The molecule has 102 valence electrons. The van der Waals surface area contributed by atoms with Crippen molar-refractivity contribution in [1.29, 1.82) is 0 Å². The first kappa shape index (κ1) is 15.3. The lowest BCUT2D eigenvalue weighted by atomic mass is 10.1. The second-order valence-corrected chi connectivity index (χ2v) is 5.38. The van der Waals surface area contributed by atoms with Crippen molar-refractivity contribution in [2.45, 2.75) is 25.8 Å². The topological polar surface area (TPSA) is 38.5 Å². The van der Waals surface area contributed by atoms with E-state index in [0.717, 1.165) is 35.7 Å². The summed E-state index contributed by atoms with van der Waals surface area (Å²) in [4.78, 5) is 2.15. The van der Waals surface area contributed by atoms with E-state index in [2.05, 4.69) is 19.0 Å². The number of hydrogen-bond donors (Lipinski definition) is 1. The molecule has 4 heteroatoms. The molecule has 0 saturated carbocycles. The molecule has 1 unspecified atom stereocenters. The monoisotopic (exact) mass is 270 g/mol. The minimum Gasteiger partial charge on any atom is -0.493 e. The predicted molar refractivity (Wildman–Crippen MR) is 77.5 cm³/mol. The van der Waals surface area contributed by atoms with Crippen LogP contribution in [0.15, 0.2) is 18.2 Å². The van der Waals surface area contributed by atoms with Crippen molar-refractivity contribution in [2.75, 3.05) is 27.2 Å². The minimum absolute atomic E-state index is 0.104. The number of rotatable bonds is 7. The Bertz CT molecular complexity index is 367. The molecule has 0 amide bonds. The summed E-state index contributed by atoms with van der Waals surface area (Å²) in [6, 6.07) is 5.82. The quantitative estimate of drug-likeness (QED) is 0.774. The van der Waals surface area contributed by atoms with Gasteiger partial charge in [-0.25, -0.2) is 0 Å². The van der Waals surface area contributed by atoms with Crippen LogP contribution in [0.5, 0.6) is 5.75 Å². The fraction of sp³-hybridized carbons (Fsp3) is 0.571. The Balaban J connectivity index is 2.57.